The third kappa shape index (κ3) is 3.13. The van der Waals surface area contributed by atoms with Crippen LogP contribution in [0.15, 0.2) is 24.3 Å². The van der Waals surface area contributed by atoms with Crippen molar-refractivity contribution in [1.82, 2.24) is 0 Å². The molecule has 1 aliphatic rings. The van der Waals surface area contributed by atoms with Gasteiger partial charge in [-0.15, -0.1) is 0 Å². The van der Waals surface area contributed by atoms with Gasteiger partial charge in [0.2, 0.25) is 0 Å². The highest BCUT2D eigenvalue weighted by molar-refractivity contribution is 5.69. The molecule has 1 fully saturated rings. The predicted molar refractivity (Wildman–Crippen MR) is 74.6 cm³/mol. The Bertz CT molecular complexity index is 354. The molecule has 3 heteroatoms. The molecule has 0 atom stereocenters. The van der Waals surface area contributed by atoms with Crippen LogP contribution in [0.25, 0.3) is 0 Å². The van der Waals surface area contributed by atoms with E-state index in [2.05, 4.69) is 48.6 Å². The molecule has 0 unspecified atom stereocenters. The number of rotatable bonds is 3. The topological polar surface area (TPSA) is 41.3 Å². The number of anilines is 2. The number of hydrogen-bond donors (Lipinski definition) is 2. The molecular formula is C14H23N3. The average Bonchev–Trinajstić information content (AvgIpc) is 2.32. The zero-order valence-corrected chi connectivity index (χ0v) is 10.8. The molecule has 1 saturated carbocycles. The highest BCUT2D eigenvalue weighted by atomic mass is 15.1. The van der Waals surface area contributed by atoms with E-state index in [-0.39, 0.29) is 0 Å². The van der Waals surface area contributed by atoms with Crippen LogP contribution in [0.4, 0.5) is 11.4 Å². The highest BCUT2D eigenvalue weighted by Gasteiger charge is 2.19. The van der Waals surface area contributed by atoms with Gasteiger partial charge in [0.15, 0.2) is 0 Å². The van der Waals surface area contributed by atoms with Gasteiger partial charge in [-0.2, -0.15) is 0 Å². The first-order valence-electron chi connectivity index (χ1n) is 6.45. The van der Waals surface area contributed by atoms with Gasteiger partial charge in [-0.05, 0) is 37.8 Å². The summed E-state index contributed by atoms with van der Waals surface area (Å²) in [5, 5.41) is 3.65. The van der Waals surface area contributed by atoms with Crippen molar-refractivity contribution in [2.24, 2.45) is 5.73 Å². The molecule has 3 nitrogen and oxygen atoms in total. The lowest BCUT2D eigenvalue weighted by Gasteiger charge is -2.29. The summed E-state index contributed by atoms with van der Waals surface area (Å²) in [6.07, 6.45) is 4.65. The van der Waals surface area contributed by atoms with Gasteiger partial charge >= 0.3 is 0 Å². The Morgan fingerprint density at radius 1 is 1.12 bits per heavy atom. The van der Waals surface area contributed by atoms with Crippen molar-refractivity contribution >= 4 is 11.4 Å². The average molecular weight is 233 g/mol. The minimum atomic E-state index is 0.414. The molecule has 1 aliphatic carbocycles. The van der Waals surface area contributed by atoms with Crippen molar-refractivity contribution in [3.8, 4) is 0 Å². The molecule has 1 aromatic rings. The van der Waals surface area contributed by atoms with E-state index in [1.807, 2.05) is 0 Å². The van der Waals surface area contributed by atoms with Gasteiger partial charge < -0.3 is 16.0 Å². The van der Waals surface area contributed by atoms with Gasteiger partial charge in [0.1, 0.15) is 0 Å². The maximum absolute atomic E-state index is 5.93. The second-order valence-corrected chi connectivity index (χ2v) is 5.17. The zero-order chi connectivity index (χ0) is 12.3. The van der Waals surface area contributed by atoms with Crippen LogP contribution in [-0.4, -0.2) is 26.2 Å². The maximum atomic E-state index is 5.93. The molecule has 0 amide bonds. The van der Waals surface area contributed by atoms with Crippen molar-refractivity contribution in [1.29, 1.82) is 0 Å². The fraction of sp³-hybridized carbons (Fsp3) is 0.571. The van der Waals surface area contributed by atoms with Crippen LogP contribution in [0.1, 0.15) is 25.7 Å². The van der Waals surface area contributed by atoms with E-state index in [1.54, 1.807) is 0 Å². The largest absolute Gasteiger partial charge is 0.381 e. The van der Waals surface area contributed by atoms with Crippen molar-refractivity contribution in [2.45, 2.75) is 37.8 Å². The van der Waals surface area contributed by atoms with Crippen LogP contribution in [0.5, 0.6) is 0 Å². The Morgan fingerprint density at radius 3 is 2.41 bits per heavy atom. The number of para-hydroxylation sites is 2. The first-order chi connectivity index (χ1) is 8.16. The summed E-state index contributed by atoms with van der Waals surface area (Å²) in [7, 11) is 4.16. The number of benzene rings is 1. The molecule has 1 aromatic carbocycles. The summed E-state index contributed by atoms with van der Waals surface area (Å²) in [6.45, 7) is 0. The minimum absolute atomic E-state index is 0.414. The highest BCUT2D eigenvalue weighted by Crippen LogP contribution is 2.27. The van der Waals surface area contributed by atoms with Gasteiger partial charge in [0.05, 0.1) is 11.4 Å². The number of hydrogen-bond acceptors (Lipinski definition) is 3. The lowest BCUT2D eigenvalue weighted by molar-refractivity contribution is 0.411. The third-order valence-electron chi connectivity index (χ3n) is 3.52. The van der Waals surface area contributed by atoms with Crippen molar-refractivity contribution in [2.75, 3.05) is 24.3 Å². The fourth-order valence-electron chi connectivity index (χ4n) is 2.47. The molecule has 17 heavy (non-hydrogen) atoms. The second-order valence-electron chi connectivity index (χ2n) is 5.17. The van der Waals surface area contributed by atoms with Gasteiger partial charge in [0, 0.05) is 26.2 Å². The Kier molecular flexibility index (Phi) is 3.89. The summed E-state index contributed by atoms with van der Waals surface area (Å²) < 4.78 is 0. The maximum Gasteiger partial charge on any atom is 0.0596 e. The summed E-state index contributed by atoms with van der Waals surface area (Å²) in [5.41, 5.74) is 8.42. The first-order valence-corrected chi connectivity index (χ1v) is 6.45. The molecule has 3 N–H and O–H groups in total. The molecule has 0 aliphatic heterocycles. The molecule has 0 bridgehead atoms. The predicted octanol–water partition coefficient (Wildman–Crippen LogP) is 2.43. The summed E-state index contributed by atoms with van der Waals surface area (Å²) >= 11 is 0. The normalized spacial score (nSPS) is 24.4. The third-order valence-corrected chi connectivity index (χ3v) is 3.52. The lowest BCUT2D eigenvalue weighted by atomic mass is 9.91. The molecular weight excluding hydrogens is 210 g/mol. The summed E-state index contributed by atoms with van der Waals surface area (Å²) in [4.78, 5) is 2.15. The standard InChI is InChI=1S/C14H23N3/c1-17(2)14-6-4-3-5-13(14)16-12-9-7-11(15)8-10-12/h3-6,11-12,16H,7-10,15H2,1-2H3. The van der Waals surface area contributed by atoms with E-state index in [1.165, 1.54) is 24.2 Å². The van der Waals surface area contributed by atoms with Crippen molar-refractivity contribution in [3.63, 3.8) is 0 Å². The smallest absolute Gasteiger partial charge is 0.0596 e. The molecule has 0 radical (unpaired) electrons. The Hall–Kier alpha value is -1.22. The number of nitrogens with zero attached hydrogens (tertiary/aromatic N) is 1. The van der Waals surface area contributed by atoms with Crippen LogP contribution in [0.3, 0.4) is 0 Å². The van der Waals surface area contributed by atoms with E-state index < -0.39 is 0 Å². The van der Waals surface area contributed by atoms with Gasteiger partial charge in [0.25, 0.3) is 0 Å². The molecule has 0 heterocycles. The zero-order valence-electron chi connectivity index (χ0n) is 10.8. The molecule has 94 valence electrons. The van der Waals surface area contributed by atoms with Gasteiger partial charge in [-0.3, -0.25) is 0 Å². The lowest BCUT2D eigenvalue weighted by Crippen LogP contribution is -2.33. The summed E-state index contributed by atoms with van der Waals surface area (Å²) in [6, 6.07) is 9.47. The second kappa shape index (κ2) is 5.41. The van der Waals surface area contributed by atoms with Gasteiger partial charge in [-0.1, -0.05) is 12.1 Å². The molecule has 2 rings (SSSR count). The van der Waals surface area contributed by atoms with E-state index in [9.17, 15) is 0 Å². The van der Waals surface area contributed by atoms with Crippen LogP contribution < -0.4 is 16.0 Å². The van der Waals surface area contributed by atoms with Gasteiger partial charge in [-0.25, -0.2) is 0 Å². The Balaban J connectivity index is 2.03. The van der Waals surface area contributed by atoms with Crippen molar-refractivity contribution < 1.29 is 0 Å². The summed E-state index contributed by atoms with van der Waals surface area (Å²) in [5.74, 6) is 0. The van der Waals surface area contributed by atoms with Crippen LogP contribution in [-0.2, 0) is 0 Å². The Labute approximate surface area is 104 Å². The van der Waals surface area contributed by atoms with Crippen LogP contribution >= 0.6 is 0 Å². The monoisotopic (exact) mass is 233 g/mol. The number of nitrogens with two attached hydrogens (primary N) is 1. The van der Waals surface area contributed by atoms with E-state index >= 15 is 0 Å². The van der Waals surface area contributed by atoms with Crippen LogP contribution in [0, 0.1) is 0 Å². The SMILES string of the molecule is CN(C)c1ccccc1NC1CCC(N)CC1. The molecule has 0 aromatic heterocycles. The molecule has 0 spiro atoms. The fourth-order valence-corrected chi connectivity index (χ4v) is 2.47. The Morgan fingerprint density at radius 2 is 1.76 bits per heavy atom. The molecule has 0 saturated heterocycles. The van der Waals surface area contributed by atoms with Crippen LogP contribution in [0.2, 0.25) is 0 Å². The minimum Gasteiger partial charge on any atom is -0.381 e. The first kappa shape index (κ1) is 12.2. The van der Waals surface area contributed by atoms with E-state index in [4.69, 9.17) is 5.73 Å². The quantitative estimate of drug-likeness (QED) is 0.842. The van der Waals surface area contributed by atoms with E-state index in [0.29, 0.717) is 12.1 Å². The van der Waals surface area contributed by atoms with Crippen molar-refractivity contribution in [3.05, 3.63) is 24.3 Å². The van der Waals surface area contributed by atoms with E-state index in [0.717, 1.165) is 12.8 Å². The number of nitrogens with one attached hydrogen (secondary N) is 1.